The minimum absolute atomic E-state index is 0.0372. The predicted octanol–water partition coefficient (Wildman–Crippen LogP) is 6.66. The summed E-state index contributed by atoms with van der Waals surface area (Å²) >= 11 is 9.16. The van der Waals surface area contributed by atoms with Gasteiger partial charge in [-0.2, -0.15) is 0 Å². The minimum atomic E-state index is -0.685. The highest BCUT2D eigenvalue weighted by atomic mass is 79.9. The Morgan fingerprint density at radius 3 is 1.70 bits per heavy atom. The highest BCUT2D eigenvalue weighted by molar-refractivity contribution is 9.10. The molecule has 0 aliphatic heterocycles. The molecule has 2 aromatic heterocycles. The van der Waals surface area contributed by atoms with Gasteiger partial charge in [0.15, 0.2) is 0 Å². The first-order valence-electron chi connectivity index (χ1n) is 12.9. The van der Waals surface area contributed by atoms with E-state index in [0.29, 0.717) is 5.69 Å². The van der Waals surface area contributed by atoms with Gasteiger partial charge in [-0.05, 0) is 56.9 Å². The summed E-state index contributed by atoms with van der Waals surface area (Å²) in [5.41, 5.74) is 15.3. The van der Waals surface area contributed by atoms with E-state index in [2.05, 4.69) is 36.5 Å². The number of nitrogens with zero attached hydrogens (tertiary/aromatic N) is 2. The molecule has 0 aliphatic rings. The first-order chi connectivity index (χ1) is 20.7. The SMILES string of the molecule is NC(=O)C(Nc1cncc(-c2ccc(F)c(Cl)c2)c1)c1ccccc1.NC(=O)C(Nc1cncc(Br)c1)c1ccccc1. The number of aromatic nitrogens is 2. The van der Waals surface area contributed by atoms with Gasteiger partial charge >= 0.3 is 0 Å². The van der Waals surface area contributed by atoms with E-state index in [-0.39, 0.29) is 5.02 Å². The number of benzene rings is 3. The summed E-state index contributed by atoms with van der Waals surface area (Å²) in [7, 11) is 0. The summed E-state index contributed by atoms with van der Waals surface area (Å²) < 4.78 is 14.2. The van der Waals surface area contributed by atoms with E-state index >= 15 is 0 Å². The minimum Gasteiger partial charge on any atom is -0.369 e. The number of nitrogens with one attached hydrogen (secondary N) is 2. The Bertz CT molecular complexity index is 1690. The molecule has 0 saturated heterocycles. The van der Waals surface area contributed by atoms with Crippen LogP contribution >= 0.6 is 27.5 Å². The highest BCUT2D eigenvalue weighted by Crippen LogP contribution is 2.28. The molecular weight excluding hydrogens is 635 g/mol. The third-order valence-corrected chi connectivity index (χ3v) is 6.88. The number of primary amides is 2. The second kappa shape index (κ2) is 14.9. The van der Waals surface area contributed by atoms with Crippen molar-refractivity contribution in [2.75, 3.05) is 10.6 Å². The summed E-state index contributed by atoms with van der Waals surface area (Å²) in [5, 5.41) is 6.19. The van der Waals surface area contributed by atoms with E-state index in [9.17, 15) is 14.0 Å². The van der Waals surface area contributed by atoms with Gasteiger partial charge < -0.3 is 22.1 Å². The predicted molar refractivity (Wildman–Crippen MR) is 171 cm³/mol. The van der Waals surface area contributed by atoms with Crippen molar-refractivity contribution in [3.05, 3.63) is 142 Å². The lowest BCUT2D eigenvalue weighted by Gasteiger charge is -2.17. The van der Waals surface area contributed by atoms with E-state index in [1.165, 1.54) is 12.1 Å². The van der Waals surface area contributed by atoms with E-state index in [1.807, 2.05) is 66.7 Å². The Labute approximate surface area is 261 Å². The van der Waals surface area contributed by atoms with Crippen LogP contribution in [0.15, 0.2) is 120 Å². The molecule has 0 radical (unpaired) electrons. The van der Waals surface area contributed by atoms with Gasteiger partial charge in [0.2, 0.25) is 11.8 Å². The summed E-state index contributed by atoms with van der Waals surface area (Å²) in [5.74, 6) is -1.41. The maximum absolute atomic E-state index is 13.3. The van der Waals surface area contributed by atoms with Gasteiger partial charge in [0.25, 0.3) is 0 Å². The lowest BCUT2D eigenvalue weighted by molar-refractivity contribution is -0.119. The molecule has 5 rings (SSSR count). The third-order valence-electron chi connectivity index (χ3n) is 6.15. The Morgan fingerprint density at radius 2 is 1.21 bits per heavy atom. The quantitative estimate of drug-likeness (QED) is 0.139. The molecule has 6 N–H and O–H groups in total. The lowest BCUT2D eigenvalue weighted by Crippen LogP contribution is -2.27. The number of halogens is 3. The summed E-state index contributed by atoms with van der Waals surface area (Å²) in [6.45, 7) is 0. The molecule has 0 bridgehead atoms. The highest BCUT2D eigenvalue weighted by Gasteiger charge is 2.18. The fourth-order valence-corrected chi connectivity index (χ4v) is 4.65. The fraction of sp³-hybridized carbons (Fsp3) is 0.0625. The van der Waals surface area contributed by atoms with E-state index in [0.717, 1.165) is 32.4 Å². The average molecular weight is 662 g/mol. The van der Waals surface area contributed by atoms with Gasteiger partial charge in [-0.1, -0.05) is 78.3 Å². The van der Waals surface area contributed by atoms with Crippen molar-refractivity contribution in [2.45, 2.75) is 12.1 Å². The average Bonchev–Trinajstić information content (AvgIpc) is 3.01. The van der Waals surface area contributed by atoms with Crippen molar-refractivity contribution >= 4 is 50.7 Å². The number of carbonyl (C=O) groups excluding carboxylic acids is 2. The number of anilines is 2. The zero-order valence-electron chi connectivity index (χ0n) is 22.6. The first kappa shape index (κ1) is 31.1. The van der Waals surface area contributed by atoms with Crippen molar-refractivity contribution in [3.8, 4) is 11.1 Å². The number of rotatable bonds is 9. The summed E-state index contributed by atoms with van der Waals surface area (Å²) in [4.78, 5) is 31.5. The van der Waals surface area contributed by atoms with E-state index in [1.54, 1.807) is 36.9 Å². The normalized spacial score (nSPS) is 11.8. The molecule has 11 heteroatoms. The molecule has 218 valence electrons. The van der Waals surface area contributed by atoms with Crippen LogP contribution in [0.5, 0.6) is 0 Å². The van der Waals surface area contributed by atoms with Crippen LogP contribution in [-0.2, 0) is 9.59 Å². The maximum atomic E-state index is 13.3. The van der Waals surface area contributed by atoms with Crippen LogP contribution in [0.1, 0.15) is 23.2 Å². The first-order valence-corrected chi connectivity index (χ1v) is 14.1. The van der Waals surface area contributed by atoms with Crippen molar-refractivity contribution in [1.82, 2.24) is 9.97 Å². The monoisotopic (exact) mass is 660 g/mol. The van der Waals surface area contributed by atoms with Crippen molar-refractivity contribution in [1.29, 1.82) is 0 Å². The van der Waals surface area contributed by atoms with Crippen LogP contribution in [0.4, 0.5) is 15.8 Å². The van der Waals surface area contributed by atoms with Crippen LogP contribution in [-0.4, -0.2) is 21.8 Å². The lowest BCUT2D eigenvalue weighted by atomic mass is 10.0. The second-order valence-electron chi connectivity index (χ2n) is 9.26. The number of carbonyl (C=O) groups is 2. The maximum Gasteiger partial charge on any atom is 0.244 e. The number of hydrogen-bond donors (Lipinski definition) is 4. The molecular formula is C32H27BrClFN6O2. The molecule has 3 aromatic carbocycles. The molecule has 2 atom stereocenters. The molecule has 5 aromatic rings. The van der Waals surface area contributed by atoms with Crippen LogP contribution in [0, 0.1) is 5.82 Å². The number of amides is 2. The number of pyridine rings is 2. The van der Waals surface area contributed by atoms with Gasteiger partial charge in [0.05, 0.1) is 28.8 Å². The fourth-order valence-electron chi connectivity index (χ4n) is 4.10. The van der Waals surface area contributed by atoms with Gasteiger partial charge in [-0.15, -0.1) is 0 Å². The summed E-state index contributed by atoms with van der Waals surface area (Å²) in [6.07, 6.45) is 6.54. The Kier molecular flexibility index (Phi) is 10.8. The number of nitrogens with two attached hydrogens (primary N) is 2. The van der Waals surface area contributed by atoms with Crippen molar-refractivity contribution < 1.29 is 14.0 Å². The molecule has 0 saturated carbocycles. The van der Waals surface area contributed by atoms with Crippen LogP contribution in [0.2, 0.25) is 5.02 Å². The molecule has 2 heterocycles. The molecule has 0 fully saturated rings. The largest absolute Gasteiger partial charge is 0.369 e. The smallest absolute Gasteiger partial charge is 0.244 e. The molecule has 0 aliphatic carbocycles. The second-order valence-corrected chi connectivity index (χ2v) is 10.6. The van der Waals surface area contributed by atoms with Gasteiger partial charge in [-0.3, -0.25) is 19.6 Å². The standard InChI is InChI=1S/C19H15ClFN3O.C13H12BrN3O/c20-16-9-13(6-7-17(16)21)14-8-15(11-23-10-14)24-18(19(22)25)12-4-2-1-3-5-12;14-10-6-11(8-16-7-10)17-12(13(15)18)9-4-2-1-3-5-9/h1-11,18,24H,(H2,22,25);1-8,12,17H,(H2,15,18). The van der Waals surface area contributed by atoms with Crippen LogP contribution < -0.4 is 22.1 Å². The molecule has 43 heavy (non-hydrogen) atoms. The van der Waals surface area contributed by atoms with E-state index in [4.69, 9.17) is 23.1 Å². The zero-order chi connectivity index (χ0) is 30.8. The Morgan fingerprint density at radius 1 is 0.698 bits per heavy atom. The van der Waals surface area contributed by atoms with Gasteiger partial charge in [0.1, 0.15) is 17.9 Å². The van der Waals surface area contributed by atoms with Crippen molar-refractivity contribution in [2.24, 2.45) is 11.5 Å². The third kappa shape index (κ3) is 8.84. The van der Waals surface area contributed by atoms with Crippen LogP contribution in [0.3, 0.4) is 0 Å². The molecule has 2 amide bonds. The molecule has 0 spiro atoms. The summed E-state index contributed by atoms with van der Waals surface area (Å²) in [6, 6.07) is 25.3. The number of hydrogen-bond acceptors (Lipinski definition) is 6. The topological polar surface area (TPSA) is 136 Å². The molecule has 2 unspecified atom stereocenters. The van der Waals surface area contributed by atoms with Gasteiger partial charge in [0, 0.05) is 22.4 Å². The molecule has 8 nitrogen and oxygen atoms in total. The Balaban J connectivity index is 0.000000208. The van der Waals surface area contributed by atoms with Crippen LogP contribution in [0.25, 0.3) is 11.1 Å². The Hall–Kier alpha value is -4.80. The van der Waals surface area contributed by atoms with E-state index < -0.39 is 29.7 Å². The van der Waals surface area contributed by atoms with Crippen molar-refractivity contribution in [3.63, 3.8) is 0 Å². The van der Waals surface area contributed by atoms with Gasteiger partial charge in [-0.25, -0.2) is 4.39 Å². The zero-order valence-corrected chi connectivity index (χ0v) is 25.0.